The van der Waals surface area contributed by atoms with Gasteiger partial charge in [0, 0.05) is 18.0 Å². The topological polar surface area (TPSA) is 67.3 Å². The first-order chi connectivity index (χ1) is 10.8. The number of nitrogens with one attached hydrogen (secondary N) is 1. The summed E-state index contributed by atoms with van der Waals surface area (Å²) in [7, 11) is 0. The minimum absolute atomic E-state index is 0.388. The highest BCUT2D eigenvalue weighted by Crippen LogP contribution is 2.38. The summed E-state index contributed by atoms with van der Waals surface area (Å²) in [5, 5.41) is 14.5. The van der Waals surface area contributed by atoms with Gasteiger partial charge in [0.15, 0.2) is 0 Å². The van der Waals surface area contributed by atoms with Crippen LogP contribution in [-0.4, -0.2) is 40.9 Å². The Bertz CT molecular complexity index is 669. The molecule has 0 radical (unpaired) electrons. The van der Waals surface area contributed by atoms with E-state index >= 15 is 0 Å². The summed E-state index contributed by atoms with van der Waals surface area (Å²) in [6, 6.07) is 0. The van der Waals surface area contributed by atoms with Crippen LogP contribution in [0.15, 0.2) is 6.33 Å². The fraction of sp³-hybridized carbons (Fsp3) is 0.625. The molecule has 2 aromatic heterocycles. The van der Waals surface area contributed by atoms with Crippen molar-refractivity contribution >= 4 is 27.4 Å². The van der Waals surface area contributed by atoms with Gasteiger partial charge in [-0.1, -0.05) is 0 Å². The molecule has 0 aliphatic heterocycles. The normalized spacial score (nSPS) is 18.6. The number of rotatable bonds is 7. The highest BCUT2D eigenvalue weighted by Gasteiger charge is 2.22. The standard InChI is InChI=1S/C16H21N3O2S/c20-11(8-21-7-10-4-5-10)6-17-15-14-12-2-1-3-13(12)22-16(14)19-9-18-15/h9-11,20H,1-8H2,(H,17,18,19)/t11-/m1/s1. The number of anilines is 1. The maximum Gasteiger partial charge on any atom is 0.138 e. The second-order valence-electron chi connectivity index (χ2n) is 6.28. The smallest absolute Gasteiger partial charge is 0.138 e. The maximum atomic E-state index is 10.0. The third-order valence-electron chi connectivity index (χ3n) is 4.37. The predicted octanol–water partition coefficient (Wildman–Crippen LogP) is 2.38. The number of aliphatic hydroxyl groups excluding tert-OH is 1. The molecule has 0 unspecified atom stereocenters. The van der Waals surface area contributed by atoms with Crippen LogP contribution in [0.5, 0.6) is 0 Å². The van der Waals surface area contributed by atoms with Crippen LogP contribution in [0.2, 0.25) is 0 Å². The quantitative estimate of drug-likeness (QED) is 0.820. The average Bonchev–Trinajstić information content (AvgIpc) is 3.10. The number of hydrogen-bond acceptors (Lipinski definition) is 6. The summed E-state index contributed by atoms with van der Waals surface area (Å²) in [6.07, 6.45) is 7.15. The number of thiophene rings is 1. The second-order valence-corrected chi connectivity index (χ2v) is 7.36. The third-order valence-corrected chi connectivity index (χ3v) is 5.57. The molecule has 0 bridgehead atoms. The Balaban J connectivity index is 1.40. The first-order valence-corrected chi connectivity index (χ1v) is 8.88. The Morgan fingerprint density at radius 3 is 3.14 bits per heavy atom. The number of aliphatic hydroxyl groups is 1. The van der Waals surface area contributed by atoms with Crippen LogP contribution in [0.3, 0.4) is 0 Å². The second kappa shape index (κ2) is 6.10. The zero-order valence-electron chi connectivity index (χ0n) is 12.5. The first-order valence-electron chi connectivity index (χ1n) is 8.06. The van der Waals surface area contributed by atoms with Crippen molar-refractivity contribution in [3.05, 3.63) is 16.8 Å². The molecule has 0 saturated heterocycles. The molecule has 22 heavy (non-hydrogen) atoms. The average molecular weight is 319 g/mol. The molecule has 6 heteroatoms. The van der Waals surface area contributed by atoms with Gasteiger partial charge in [-0.2, -0.15) is 0 Å². The molecule has 2 aliphatic carbocycles. The Morgan fingerprint density at radius 2 is 2.27 bits per heavy atom. The first kappa shape index (κ1) is 14.4. The zero-order valence-corrected chi connectivity index (χ0v) is 13.4. The van der Waals surface area contributed by atoms with Gasteiger partial charge in [0.25, 0.3) is 0 Å². The third kappa shape index (κ3) is 2.95. The van der Waals surface area contributed by atoms with E-state index in [1.165, 1.54) is 29.7 Å². The van der Waals surface area contributed by atoms with Crippen molar-refractivity contribution < 1.29 is 9.84 Å². The van der Waals surface area contributed by atoms with Gasteiger partial charge in [0.1, 0.15) is 17.0 Å². The van der Waals surface area contributed by atoms with Gasteiger partial charge < -0.3 is 15.2 Å². The minimum Gasteiger partial charge on any atom is -0.389 e. The molecule has 4 rings (SSSR count). The van der Waals surface area contributed by atoms with Gasteiger partial charge in [0.05, 0.1) is 18.1 Å². The van der Waals surface area contributed by atoms with Crippen LogP contribution in [0.4, 0.5) is 5.82 Å². The lowest BCUT2D eigenvalue weighted by Crippen LogP contribution is -2.25. The van der Waals surface area contributed by atoms with Crippen LogP contribution in [0.25, 0.3) is 10.2 Å². The Labute approximate surface area is 133 Å². The lowest BCUT2D eigenvalue weighted by molar-refractivity contribution is 0.0386. The summed E-state index contributed by atoms with van der Waals surface area (Å²) in [5.74, 6) is 1.58. The van der Waals surface area contributed by atoms with Crippen LogP contribution in [0.1, 0.15) is 29.7 Å². The van der Waals surface area contributed by atoms with Crippen LogP contribution >= 0.6 is 11.3 Å². The summed E-state index contributed by atoms with van der Waals surface area (Å²) in [5.41, 5.74) is 1.41. The highest BCUT2D eigenvalue weighted by atomic mass is 32.1. The van der Waals surface area contributed by atoms with Crippen molar-refractivity contribution in [3.63, 3.8) is 0 Å². The maximum absolute atomic E-state index is 10.0. The molecule has 0 spiro atoms. The van der Waals surface area contributed by atoms with Gasteiger partial charge in [-0.25, -0.2) is 9.97 Å². The molecular formula is C16H21N3O2S. The lowest BCUT2D eigenvalue weighted by atomic mass is 10.2. The van der Waals surface area contributed by atoms with E-state index in [1.54, 1.807) is 17.7 Å². The summed E-state index contributed by atoms with van der Waals surface area (Å²) in [4.78, 5) is 11.3. The van der Waals surface area contributed by atoms with E-state index in [0.29, 0.717) is 13.2 Å². The minimum atomic E-state index is -0.504. The highest BCUT2D eigenvalue weighted by molar-refractivity contribution is 7.19. The summed E-state index contributed by atoms with van der Waals surface area (Å²) in [6.45, 7) is 1.63. The Kier molecular flexibility index (Phi) is 3.98. The zero-order chi connectivity index (χ0) is 14.9. The molecule has 118 valence electrons. The number of hydrogen-bond donors (Lipinski definition) is 2. The van der Waals surface area contributed by atoms with Gasteiger partial charge in [0.2, 0.25) is 0 Å². The fourth-order valence-electron chi connectivity index (χ4n) is 2.99. The van der Waals surface area contributed by atoms with Crippen molar-refractivity contribution in [2.75, 3.05) is 25.1 Å². The molecule has 2 aliphatic rings. The van der Waals surface area contributed by atoms with Gasteiger partial charge in [-0.15, -0.1) is 11.3 Å². The van der Waals surface area contributed by atoms with Crippen molar-refractivity contribution in [3.8, 4) is 0 Å². The van der Waals surface area contributed by atoms with Crippen LogP contribution in [-0.2, 0) is 17.6 Å². The van der Waals surface area contributed by atoms with Crippen molar-refractivity contribution in [2.45, 2.75) is 38.2 Å². The molecular weight excluding hydrogens is 298 g/mol. The van der Waals surface area contributed by atoms with Gasteiger partial charge >= 0.3 is 0 Å². The van der Waals surface area contributed by atoms with E-state index < -0.39 is 6.10 Å². The van der Waals surface area contributed by atoms with E-state index in [1.807, 2.05) is 0 Å². The molecule has 0 aromatic carbocycles. The molecule has 1 atom stereocenters. The Morgan fingerprint density at radius 1 is 1.36 bits per heavy atom. The van der Waals surface area contributed by atoms with E-state index in [0.717, 1.165) is 41.4 Å². The SMILES string of the molecule is O[C@H](CNc1ncnc2sc3c(c12)CCC3)COCC1CC1. The molecule has 1 fully saturated rings. The monoisotopic (exact) mass is 319 g/mol. The molecule has 1 saturated carbocycles. The summed E-state index contributed by atoms with van der Waals surface area (Å²) < 4.78 is 5.53. The molecule has 2 aromatic rings. The lowest BCUT2D eigenvalue weighted by Gasteiger charge is -2.13. The predicted molar refractivity (Wildman–Crippen MR) is 87.5 cm³/mol. The summed E-state index contributed by atoms with van der Waals surface area (Å²) >= 11 is 1.78. The number of fused-ring (bicyclic) bond motifs is 3. The van der Waals surface area contributed by atoms with Gasteiger partial charge in [-0.05, 0) is 43.6 Å². The van der Waals surface area contributed by atoms with E-state index in [9.17, 15) is 5.11 Å². The van der Waals surface area contributed by atoms with Crippen molar-refractivity contribution in [1.29, 1.82) is 0 Å². The van der Waals surface area contributed by atoms with Crippen molar-refractivity contribution in [2.24, 2.45) is 5.92 Å². The van der Waals surface area contributed by atoms with E-state index in [4.69, 9.17) is 4.74 Å². The number of ether oxygens (including phenoxy) is 1. The fourth-order valence-corrected chi connectivity index (χ4v) is 4.22. The van der Waals surface area contributed by atoms with E-state index in [2.05, 4.69) is 15.3 Å². The molecule has 2 N–H and O–H groups in total. The molecule has 0 amide bonds. The molecule has 2 heterocycles. The number of aromatic nitrogens is 2. The van der Waals surface area contributed by atoms with E-state index in [-0.39, 0.29) is 0 Å². The van der Waals surface area contributed by atoms with Crippen LogP contribution in [0, 0.1) is 5.92 Å². The van der Waals surface area contributed by atoms with Crippen LogP contribution < -0.4 is 5.32 Å². The number of aryl methyl sites for hydroxylation is 2. The van der Waals surface area contributed by atoms with Gasteiger partial charge in [-0.3, -0.25) is 0 Å². The molecule has 5 nitrogen and oxygen atoms in total. The van der Waals surface area contributed by atoms with Crippen molar-refractivity contribution in [1.82, 2.24) is 9.97 Å². The number of nitrogens with zero attached hydrogens (tertiary/aromatic N) is 2. The Hall–Kier alpha value is -1.24. The largest absolute Gasteiger partial charge is 0.389 e.